The molecule has 0 atom stereocenters. The Balaban J connectivity index is 2.82. The van der Waals surface area contributed by atoms with Crippen LogP contribution in [0.15, 0.2) is 0 Å². The van der Waals surface area contributed by atoms with E-state index in [0.29, 0.717) is 12.8 Å². The van der Waals surface area contributed by atoms with Gasteiger partial charge in [0.2, 0.25) is 0 Å². The van der Waals surface area contributed by atoms with E-state index in [1.807, 2.05) is 0 Å². The number of carboxylic acids is 1. The van der Waals surface area contributed by atoms with Gasteiger partial charge in [0.05, 0.1) is 0 Å². The van der Waals surface area contributed by atoms with E-state index in [1.54, 1.807) is 0 Å². The lowest BCUT2D eigenvalue weighted by Crippen LogP contribution is -2.21. The van der Waals surface area contributed by atoms with Gasteiger partial charge >= 0.3 is 0 Å². The third-order valence-electron chi connectivity index (χ3n) is 0.835. The summed E-state index contributed by atoms with van der Waals surface area (Å²) in [6.07, 6.45) is 2.11. The third kappa shape index (κ3) is 5.47. The molecule has 46 valence electrons. The average molecular weight is 113 g/mol. The molecule has 0 spiro atoms. The zero-order valence-electron chi connectivity index (χ0n) is 4.72. The Hall–Kier alpha value is -0.530. The van der Waals surface area contributed by atoms with Crippen molar-refractivity contribution in [3.8, 4) is 0 Å². The van der Waals surface area contributed by atoms with Crippen LogP contribution in [-0.2, 0) is 4.79 Å². The summed E-state index contributed by atoms with van der Waals surface area (Å²) in [5.74, 6) is -0.988. The van der Waals surface area contributed by atoms with Gasteiger partial charge in [0.15, 0.2) is 0 Å². The second-order valence-corrected chi connectivity index (χ2v) is 1.62. The van der Waals surface area contributed by atoms with Crippen LogP contribution in [0.1, 0.15) is 25.7 Å². The van der Waals surface area contributed by atoms with Gasteiger partial charge in [0.1, 0.15) is 0 Å². The first-order valence-corrected chi connectivity index (χ1v) is 2.67. The van der Waals surface area contributed by atoms with Crippen LogP contribution in [0, 0.1) is 6.92 Å². The number of hydrogen-bond donors (Lipinski definition) is 0. The summed E-state index contributed by atoms with van der Waals surface area (Å²) in [4.78, 5) is 9.72. The van der Waals surface area contributed by atoms with Crippen molar-refractivity contribution in [1.82, 2.24) is 0 Å². The molecule has 0 unspecified atom stereocenters. The Bertz CT molecular complexity index is 68.9. The molecule has 0 aliphatic rings. The van der Waals surface area contributed by atoms with Crippen molar-refractivity contribution in [1.29, 1.82) is 0 Å². The Labute approximate surface area is 49.5 Å². The lowest BCUT2D eigenvalue weighted by molar-refractivity contribution is -0.305. The molecule has 0 saturated carbocycles. The number of unbranched alkanes of at least 4 members (excludes halogenated alkanes) is 2. The minimum Gasteiger partial charge on any atom is -0.550 e. The Morgan fingerprint density at radius 1 is 1.50 bits per heavy atom. The highest BCUT2D eigenvalue weighted by Gasteiger charge is 1.84. The molecular formula is C6H9O2-. The number of hydrogen-bond acceptors (Lipinski definition) is 2. The Kier molecular flexibility index (Phi) is 4.32. The Morgan fingerprint density at radius 2 is 2.12 bits per heavy atom. The van der Waals surface area contributed by atoms with Gasteiger partial charge in [-0.15, -0.1) is 0 Å². The topological polar surface area (TPSA) is 40.1 Å². The number of aliphatic carboxylic acids is 1. The van der Waals surface area contributed by atoms with Crippen molar-refractivity contribution < 1.29 is 9.90 Å². The molecule has 2 heteroatoms. The quantitative estimate of drug-likeness (QED) is 0.482. The molecule has 8 heavy (non-hydrogen) atoms. The second-order valence-electron chi connectivity index (χ2n) is 1.62. The molecule has 0 aromatic rings. The van der Waals surface area contributed by atoms with E-state index >= 15 is 0 Å². The summed E-state index contributed by atoms with van der Waals surface area (Å²) in [6, 6.07) is 0. The SMILES string of the molecule is [CH]CCCCC(=O)[O-]. The van der Waals surface area contributed by atoms with Gasteiger partial charge in [-0.25, -0.2) is 0 Å². The summed E-state index contributed by atoms with van der Waals surface area (Å²) < 4.78 is 0. The molecule has 0 aromatic heterocycles. The standard InChI is InChI=1S/C6H10O2/c1-2-3-4-5-6(7)8/h1H,2-5H2,(H,7,8)/p-1. The predicted molar refractivity (Wildman–Crippen MR) is 27.8 cm³/mol. The first kappa shape index (κ1) is 7.47. The molecule has 2 radical (unpaired) electrons. The molecule has 0 fully saturated rings. The fourth-order valence-electron chi connectivity index (χ4n) is 0.414. The van der Waals surface area contributed by atoms with Gasteiger partial charge in [-0.3, -0.25) is 0 Å². The molecule has 0 aromatic carbocycles. The predicted octanol–water partition coefficient (Wildman–Crippen LogP) is 0.00779. The van der Waals surface area contributed by atoms with E-state index in [1.165, 1.54) is 0 Å². The van der Waals surface area contributed by atoms with E-state index in [4.69, 9.17) is 6.92 Å². The smallest absolute Gasteiger partial charge is 0.0414 e. The minimum absolute atomic E-state index is 0.136. The van der Waals surface area contributed by atoms with Gasteiger partial charge in [0, 0.05) is 5.97 Å². The van der Waals surface area contributed by atoms with E-state index in [9.17, 15) is 9.90 Å². The fourth-order valence-corrected chi connectivity index (χ4v) is 0.414. The van der Waals surface area contributed by atoms with Crippen LogP contribution >= 0.6 is 0 Å². The van der Waals surface area contributed by atoms with E-state index in [0.717, 1.165) is 6.42 Å². The maximum absolute atomic E-state index is 9.72. The van der Waals surface area contributed by atoms with Crippen molar-refractivity contribution in [2.45, 2.75) is 25.7 Å². The van der Waals surface area contributed by atoms with Crippen LogP contribution in [0.2, 0.25) is 0 Å². The highest BCUT2D eigenvalue weighted by atomic mass is 16.4. The zero-order chi connectivity index (χ0) is 6.41. The number of carbonyl (C=O) groups is 1. The van der Waals surface area contributed by atoms with Crippen molar-refractivity contribution in [2.75, 3.05) is 0 Å². The summed E-state index contributed by atoms with van der Waals surface area (Å²) in [6.45, 7) is 5.10. The van der Waals surface area contributed by atoms with Crippen LogP contribution in [0.5, 0.6) is 0 Å². The van der Waals surface area contributed by atoms with E-state index in [-0.39, 0.29) is 6.42 Å². The van der Waals surface area contributed by atoms with Crippen molar-refractivity contribution in [2.24, 2.45) is 0 Å². The van der Waals surface area contributed by atoms with Crippen LogP contribution < -0.4 is 5.11 Å². The first-order valence-electron chi connectivity index (χ1n) is 2.67. The largest absolute Gasteiger partial charge is 0.550 e. The van der Waals surface area contributed by atoms with Crippen LogP contribution in [0.4, 0.5) is 0 Å². The second kappa shape index (κ2) is 4.62. The van der Waals surface area contributed by atoms with Crippen LogP contribution in [-0.4, -0.2) is 5.97 Å². The molecule has 0 N–H and O–H groups in total. The molecule has 0 saturated heterocycles. The number of carbonyl (C=O) groups excluding carboxylic acids is 1. The summed E-state index contributed by atoms with van der Waals surface area (Å²) >= 11 is 0. The lowest BCUT2D eigenvalue weighted by Gasteiger charge is -1.97. The van der Waals surface area contributed by atoms with Gasteiger partial charge in [0.25, 0.3) is 0 Å². The van der Waals surface area contributed by atoms with E-state index in [2.05, 4.69) is 0 Å². The molecule has 0 aliphatic carbocycles. The molecule has 2 nitrogen and oxygen atoms in total. The maximum atomic E-state index is 9.72. The Morgan fingerprint density at radius 3 is 2.50 bits per heavy atom. The lowest BCUT2D eigenvalue weighted by atomic mass is 10.2. The molecular weight excluding hydrogens is 104 g/mol. The van der Waals surface area contributed by atoms with Crippen LogP contribution in [0.25, 0.3) is 0 Å². The van der Waals surface area contributed by atoms with E-state index < -0.39 is 5.97 Å². The third-order valence-corrected chi connectivity index (χ3v) is 0.835. The molecule has 0 rings (SSSR count). The highest BCUT2D eigenvalue weighted by molar-refractivity contribution is 5.63. The first-order chi connectivity index (χ1) is 3.77. The summed E-state index contributed by atoms with van der Waals surface area (Å²) in [7, 11) is 0. The molecule has 0 bridgehead atoms. The van der Waals surface area contributed by atoms with Crippen molar-refractivity contribution in [3.63, 3.8) is 0 Å². The van der Waals surface area contributed by atoms with Gasteiger partial charge in [-0.2, -0.15) is 0 Å². The monoisotopic (exact) mass is 113 g/mol. The average Bonchev–Trinajstić information content (AvgIpc) is 1.66. The highest BCUT2D eigenvalue weighted by Crippen LogP contribution is 1.95. The minimum atomic E-state index is -0.988. The zero-order valence-corrected chi connectivity index (χ0v) is 4.72. The van der Waals surface area contributed by atoms with Crippen molar-refractivity contribution in [3.05, 3.63) is 6.92 Å². The van der Waals surface area contributed by atoms with Gasteiger partial charge in [-0.1, -0.05) is 6.42 Å². The fraction of sp³-hybridized carbons (Fsp3) is 0.667. The molecule has 0 amide bonds. The molecule has 0 aliphatic heterocycles. The van der Waals surface area contributed by atoms with Crippen LogP contribution in [0.3, 0.4) is 0 Å². The molecule has 0 heterocycles. The van der Waals surface area contributed by atoms with Gasteiger partial charge < -0.3 is 9.90 Å². The number of rotatable bonds is 4. The van der Waals surface area contributed by atoms with Gasteiger partial charge in [-0.05, 0) is 26.2 Å². The number of carboxylic acid groups (broad SMARTS) is 1. The summed E-state index contributed by atoms with van der Waals surface area (Å²) in [5, 5.41) is 9.72. The summed E-state index contributed by atoms with van der Waals surface area (Å²) in [5.41, 5.74) is 0. The normalized spacial score (nSPS) is 9.12. The van der Waals surface area contributed by atoms with Crippen molar-refractivity contribution >= 4 is 5.97 Å². The maximum Gasteiger partial charge on any atom is 0.0414 e.